The van der Waals surface area contributed by atoms with E-state index in [0.29, 0.717) is 24.6 Å². The number of benzene rings is 2. The van der Waals surface area contributed by atoms with Gasteiger partial charge in [-0.15, -0.1) is 0 Å². The molecule has 1 fully saturated rings. The molecule has 0 saturated heterocycles. The largest absolute Gasteiger partial charge is 0.493 e. The highest BCUT2D eigenvalue weighted by Crippen LogP contribution is 2.30. The van der Waals surface area contributed by atoms with E-state index in [-0.39, 0.29) is 11.9 Å². The summed E-state index contributed by atoms with van der Waals surface area (Å²) >= 11 is 0. The Bertz CT molecular complexity index is 893. The van der Waals surface area contributed by atoms with E-state index in [2.05, 4.69) is 33.9 Å². The van der Waals surface area contributed by atoms with Gasteiger partial charge in [-0.05, 0) is 55.9 Å². The molecule has 31 heavy (non-hydrogen) atoms. The van der Waals surface area contributed by atoms with E-state index >= 15 is 0 Å². The Balaban J connectivity index is 1.52. The average molecular weight is 423 g/mol. The second-order valence-corrected chi connectivity index (χ2v) is 8.12. The van der Waals surface area contributed by atoms with Gasteiger partial charge >= 0.3 is 0 Å². The van der Waals surface area contributed by atoms with Crippen molar-refractivity contribution in [1.82, 2.24) is 16.0 Å². The van der Waals surface area contributed by atoms with Crippen LogP contribution in [0.4, 0.5) is 0 Å². The first kappa shape index (κ1) is 22.7. The highest BCUT2D eigenvalue weighted by Gasteiger charge is 2.22. The lowest BCUT2D eigenvalue weighted by Crippen LogP contribution is -2.36. The monoisotopic (exact) mass is 422 g/mol. The minimum absolute atomic E-state index is 0.0403. The van der Waals surface area contributed by atoms with Gasteiger partial charge in [-0.3, -0.25) is 9.79 Å². The third kappa shape index (κ3) is 7.31. The van der Waals surface area contributed by atoms with Gasteiger partial charge < -0.3 is 20.7 Å². The molecule has 6 nitrogen and oxygen atoms in total. The maximum atomic E-state index is 12.4. The first-order valence-electron chi connectivity index (χ1n) is 11.1. The van der Waals surface area contributed by atoms with Crippen LogP contribution < -0.4 is 20.7 Å². The van der Waals surface area contributed by atoms with E-state index in [1.807, 2.05) is 49.4 Å². The first-order valence-corrected chi connectivity index (χ1v) is 11.1. The van der Waals surface area contributed by atoms with Crippen LogP contribution in [-0.4, -0.2) is 31.6 Å². The number of guanidine groups is 1. The fourth-order valence-corrected chi connectivity index (χ4v) is 3.10. The summed E-state index contributed by atoms with van der Waals surface area (Å²) in [6.45, 7) is 6.06. The van der Waals surface area contributed by atoms with Gasteiger partial charge in [-0.25, -0.2) is 0 Å². The molecule has 3 N–H and O–H groups in total. The molecule has 0 aromatic heterocycles. The smallest absolute Gasteiger partial charge is 0.251 e. The lowest BCUT2D eigenvalue weighted by Gasteiger charge is -2.15. The maximum absolute atomic E-state index is 12.4. The number of aliphatic imine (C=N–C) groups is 1. The highest BCUT2D eigenvalue weighted by molar-refractivity contribution is 5.94. The Morgan fingerprint density at radius 2 is 1.90 bits per heavy atom. The van der Waals surface area contributed by atoms with Crippen molar-refractivity contribution in [1.29, 1.82) is 0 Å². The van der Waals surface area contributed by atoms with Crippen LogP contribution in [0, 0.1) is 5.92 Å². The number of ether oxygens (including phenoxy) is 1. The molecule has 0 aliphatic heterocycles. The van der Waals surface area contributed by atoms with E-state index in [4.69, 9.17) is 4.74 Å². The molecule has 1 aliphatic carbocycles. The number of amides is 1. The van der Waals surface area contributed by atoms with Crippen molar-refractivity contribution in [3.8, 4) is 5.75 Å². The van der Waals surface area contributed by atoms with E-state index in [1.165, 1.54) is 12.8 Å². The number of hydrogen-bond acceptors (Lipinski definition) is 3. The topological polar surface area (TPSA) is 74.8 Å². The van der Waals surface area contributed by atoms with Gasteiger partial charge in [0.1, 0.15) is 5.75 Å². The molecular formula is C25H34N4O2. The first-order chi connectivity index (χ1) is 15.1. The molecule has 0 spiro atoms. The zero-order chi connectivity index (χ0) is 22.1. The lowest BCUT2D eigenvalue weighted by atomic mass is 10.1. The lowest BCUT2D eigenvalue weighted by molar-refractivity contribution is 0.0939. The summed E-state index contributed by atoms with van der Waals surface area (Å²) in [6, 6.07) is 15.9. The van der Waals surface area contributed by atoms with E-state index < -0.39 is 0 Å². The molecule has 1 saturated carbocycles. The van der Waals surface area contributed by atoms with Gasteiger partial charge in [0.2, 0.25) is 0 Å². The molecule has 0 bridgehead atoms. The van der Waals surface area contributed by atoms with Crippen LogP contribution in [0.3, 0.4) is 0 Å². The zero-order valence-electron chi connectivity index (χ0n) is 18.8. The van der Waals surface area contributed by atoms with Crippen LogP contribution in [0.5, 0.6) is 5.75 Å². The van der Waals surface area contributed by atoms with E-state index in [0.717, 1.165) is 35.8 Å². The summed E-state index contributed by atoms with van der Waals surface area (Å²) in [5.74, 6) is 2.31. The van der Waals surface area contributed by atoms with Gasteiger partial charge in [0, 0.05) is 37.3 Å². The number of rotatable bonds is 10. The number of nitrogens with one attached hydrogen (secondary N) is 3. The molecule has 0 heterocycles. The summed E-state index contributed by atoms with van der Waals surface area (Å²) in [5, 5.41) is 9.68. The fraction of sp³-hybridized carbons (Fsp3) is 0.440. The Labute approximate surface area is 185 Å². The van der Waals surface area contributed by atoms with Gasteiger partial charge in [-0.2, -0.15) is 0 Å². The van der Waals surface area contributed by atoms with Crippen molar-refractivity contribution >= 4 is 11.9 Å². The van der Waals surface area contributed by atoms with Gasteiger partial charge in [0.05, 0.1) is 6.61 Å². The molecule has 0 radical (unpaired) electrons. The van der Waals surface area contributed by atoms with Gasteiger partial charge in [0.25, 0.3) is 5.91 Å². The predicted molar refractivity (Wildman–Crippen MR) is 125 cm³/mol. The Morgan fingerprint density at radius 1 is 1.13 bits per heavy atom. The highest BCUT2D eigenvalue weighted by atomic mass is 16.5. The summed E-state index contributed by atoms with van der Waals surface area (Å²) in [5.41, 5.74) is 2.80. The summed E-state index contributed by atoms with van der Waals surface area (Å²) < 4.78 is 5.99. The van der Waals surface area contributed by atoms with E-state index in [1.54, 1.807) is 7.05 Å². The predicted octanol–water partition coefficient (Wildman–Crippen LogP) is 3.87. The number of nitrogens with zero attached hydrogens (tertiary/aromatic N) is 1. The molecule has 3 rings (SSSR count). The summed E-state index contributed by atoms with van der Waals surface area (Å²) in [7, 11) is 1.75. The van der Waals surface area contributed by atoms with Crippen LogP contribution in [0.1, 0.15) is 54.6 Å². The van der Waals surface area contributed by atoms with Crippen molar-refractivity contribution in [3.63, 3.8) is 0 Å². The van der Waals surface area contributed by atoms with Crippen LogP contribution in [0.25, 0.3) is 0 Å². The Hall–Kier alpha value is -3.02. The van der Waals surface area contributed by atoms with Crippen molar-refractivity contribution in [2.75, 3.05) is 13.7 Å². The second kappa shape index (κ2) is 11.4. The number of carbonyl (C=O) groups is 1. The van der Waals surface area contributed by atoms with Crippen LogP contribution in [-0.2, 0) is 13.1 Å². The second-order valence-electron chi connectivity index (χ2n) is 8.12. The number of para-hydroxylation sites is 1. The molecular weight excluding hydrogens is 388 g/mol. The van der Waals surface area contributed by atoms with Crippen molar-refractivity contribution in [2.24, 2.45) is 10.9 Å². The van der Waals surface area contributed by atoms with Crippen molar-refractivity contribution < 1.29 is 9.53 Å². The molecule has 1 aliphatic rings. The Morgan fingerprint density at radius 3 is 2.65 bits per heavy atom. The minimum atomic E-state index is -0.0403. The molecule has 6 heteroatoms. The number of carbonyl (C=O) groups excluding carboxylic acids is 1. The molecule has 2 aromatic rings. The van der Waals surface area contributed by atoms with Crippen molar-refractivity contribution in [3.05, 3.63) is 65.2 Å². The quantitative estimate of drug-likeness (QED) is 0.401. The molecule has 1 unspecified atom stereocenters. The van der Waals surface area contributed by atoms with Crippen molar-refractivity contribution in [2.45, 2.75) is 52.2 Å². The molecule has 1 atom stereocenters. The summed E-state index contributed by atoms with van der Waals surface area (Å²) in [6.07, 6.45) is 3.46. The minimum Gasteiger partial charge on any atom is -0.493 e. The van der Waals surface area contributed by atoms with Gasteiger partial charge in [-0.1, -0.05) is 37.3 Å². The van der Waals surface area contributed by atoms with Crippen LogP contribution >= 0.6 is 0 Å². The standard InChI is InChI=1S/C25H34N4O2/c1-4-18(2)29-24(30)21-10-7-8-20(14-21)15-27-25(26-3)28-16-22-9-5-6-11-23(22)31-17-19-12-13-19/h5-11,14,18-19H,4,12-13,15-17H2,1-3H3,(H,29,30)(H2,26,27,28). The summed E-state index contributed by atoms with van der Waals surface area (Å²) in [4.78, 5) is 16.7. The molecule has 1 amide bonds. The van der Waals surface area contributed by atoms with Crippen LogP contribution in [0.15, 0.2) is 53.5 Å². The normalized spacial score (nSPS) is 14.6. The van der Waals surface area contributed by atoms with Crippen LogP contribution in [0.2, 0.25) is 0 Å². The average Bonchev–Trinajstić information content (AvgIpc) is 3.63. The maximum Gasteiger partial charge on any atom is 0.251 e. The third-order valence-electron chi connectivity index (χ3n) is 5.45. The Kier molecular flexibility index (Phi) is 8.33. The number of hydrogen-bond donors (Lipinski definition) is 3. The zero-order valence-corrected chi connectivity index (χ0v) is 18.8. The van der Waals surface area contributed by atoms with E-state index in [9.17, 15) is 4.79 Å². The van der Waals surface area contributed by atoms with Gasteiger partial charge in [0.15, 0.2) is 5.96 Å². The fourth-order valence-electron chi connectivity index (χ4n) is 3.10. The SMILES string of the molecule is CCC(C)NC(=O)c1cccc(CNC(=NC)NCc2ccccc2OCC2CC2)c1. The third-order valence-corrected chi connectivity index (χ3v) is 5.45. The molecule has 2 aromatic carbocycles. The molecule has 166 valence electrons.